The Labute approximate surface area is 149 Å². The fourth-order valence-electron chi connectivity index (χ4n) is 2.44. The van der Waals surface area contributed by atoms with Crippen molar-refractivity contribution < 1.29 is 9.47 Å². The molecule has 2 heterocycles. The molecule has 24 heavy (non-hydrogen) atoms. The third-order valence-electron chi connectivity index (χ3n) is 3.63. The first-order valence-corrected chi connectivity index (χ1v) is 8.86. The second kappa shape index (κ2) is 6.71. The Bertz CT molecular complexity index is 848. The highest BCUT2D eigenvalue weighted by atomic mass is 35.5. The molecule has 0 aliphatic carbocycles. The lowest BCUT2D eigenvalue weighted by atomic mass is 10.2. The van der Waals surface area contributed by atoms with Crippen molar-refractivity contribution in [2.45, 2.75) is 6.42 Å². The van der Waals surface area contributed by atoms with Crippen molar-refractivity contribution in [1.82, 2.24) is 4.98 Å². The number of fused-ring (bicyclic) bond motifs is 1. The van der Waals surface area contributed by atoms with Gasteiger partial charge in [0.1, 0.15) is 0 Å². The zero-order chi connectivity index (χ0) is 16.4. The number of nitrogens with one attached hydrogen (secondary N) is 1. The first-order valence-electron chi connectivity index (χ1n) is 7.66. The number of hydrogen-bond donors (Lipinski definition) is 1. The van der Waals surface area contributed by atoms with Crippen molar-refractivity contribution in [3.63, 3.8) is 0 Å². The molecule has 4 nitrogen and oxygen atoms in total. The van der Waals surface area contributed by atoms with E-state index in [0.29, 0.717) is 18.2 Å². The van der Waals surface area contributed by atoms with E-state index in [4.69, 9.17) is 21.1 Å². The number of benzene rings is 2. The molecular weight excluding hydrogens is 344 g/mol. The van der Waals surface area contributed by atoms with E-state index >= 15 is 0 Å². The molecule has 0 unspecified atom stereocenters. The van der Waals surface area contributed by atoms with Crippen molar-refractivity contribution in [3.8, 4) is 21.9 Å². The van der Waals surface area contributed by atoms with Gasteiger partial charge in [-0.1, -0.05) is 22.9 Å². The monoisotopic (exact) mass is 358 g/mol. The first kappa shape index (κ1) is 15.3. The summed E-state index contributed by atoms with van der Waals surface area (Å²) in [6, 6.07) is 13.6. The molecule has 1 aliphatic rings. The molecule has 1 N–H and O–H groups in total. The normalized spacial score (nSPS) is 13.4. The molecule has 0 amide bonds. The Morgan fingerprint density at radius 3 is 2.62 bits per heavy atom. The largest absolute Gasteiger partial charge is 0.490 e. The average molecular weight is 359 g/mol. The minimum Gasteiger partial charge on any atom is -0.490 e. The van der Waals surface area contributed by atoms with Crippen LogP contribution in [0, 0.1) is 0 Å². The zero-order valence-electron chi connectivity index (χ0n) is 12.8. The molecule has 0 bridgehead atoms. The highest BCUT2D eigenvalue weighted by molar-refractivity contribution is 7.18. The molecule has 0 atom stereocenters. The average Bonchev–Trinajstić information content (AvgIpc) is 2.93. The standard InChI is InChI=1S/C18H15ClN2O2S/c19-13-3-5-14(6-4-13)21-18-20-11-17(24-18)12-2-7-15-16(10-12)23-9-1-8-22-15/h2-7,10-11H,1,8-9H2,(H,20,21). The van der Waals surface area contributed by atoms with E-state index in [1.165, 1.54) is 0 Å². The Balaban J connectivity index is 1.56. The summed E-state index contributed by atoms with van der Waals surface area (Å²) in [5, 5.41) is 4.83. The van der Waals surface area contributed by atoms with Crippen LogP contribution in [0.4, 0.5) is 10.8 Å². The number of aromatic nitrogens is 1. The fourth-order valence-corrected chi connectivity index (χ4v) is 3.40. The fraction of sp³-hybridized carbons (Fsp3) is 0.167. The summed E-state index contributed by atoms with van der Waals surface area (Å²) in [4.78, 5) is 5.51. The summed E-state index contributed by atoms with van der Waals surface area (Å²) in [6.45, 7) is 1.38. The minimum atomic E-state index is 0.683. The van der Waals surface area contributed by atoms with Crippen LogP contribution in [0.1, 0.15) is 6.42 Å². The van der Waals surface area contributed by atoms with Crippen LogP contribution in [0.5, 0.6) is 11.5 Å². The van der Waals surface area contributed by atoms with Gasteiger partial charge in [0.15, 0.2) is 16.6 Å². The number of nitrogens with zero attached hydrogens (tertiary/aromatic N) is 1. The SMILES string of the molecule is Clc1ccc(Nc2ncc(-c3ccc4c(c3)OCCCO4)s2)cc1. The van der Waals surface area contributed by atoms with Crippen molar-refractivity contribution in [2.75, 3.05) is 18.5 Å². The van der Waals surface area contributed by atoms with E-state index in [-0.39, 0.29) is 0 Å². The van der Waals surface area contributed by atoms with Crippen LogP contribution in [0.15, 0.2) is 48.7 Å². The molecule has 1 aliphatic heterocycles. The number of halogens is 1. The lowest BCUT2D eigenvalue weighted by Crippen LogP contribution is -1.97. The first-order chi connectivity index (χ1) is 11.8. The van der Waals surface area contributed by atoms with Gasteiger partial charge in [-0.3, -0.25) is 0 Å². The summed E-state index contributed by atoms with van der Waals surface area (Å²) >= 11 is 7.49. The predicted octanol–water partition coefficient (Wildman–Crippen LogP) is 5.37. The lowest BCUT2D eigenvalue weighted by molar-refractivity contribution is 0.297. The summed E-state index contributed by atoms with van der Waals surface area (Å²) < 4.78 is 11.4. The van der Waals surface area contributed by atoms with Gasteiger partial charge in [0, 0.05) is 23.3 Å². The van der Waals surface area contributed by atoms with Gasteiger partial charge in [-0.25, -0.2) is 4.98 Å². The molecule has 4 rings (SSSR count). The van der Waals surface area contributed by atoms with Crippen LogP contribution in [-0.2, 0) is 0 Å². The quantitative estimate of drug-likeness (QED) is 0.683. The number of thiazole rings is 1. The smallest absolute Gasteiger partial charge is 0.187 e. The zero-order valence-corrected chi connectivity index (χ0v) is 14.4. The maximum atomic E-state index is 5.91. The molecule has 0 radical (unpaired) electrons. The van der Waals surface area contributed by atoms with E-state index in [9.17, 15) is 0 Å². The van der Waals surface area contributed by atoms with E-state index in [0.717, 1.165) is 39.2 Å². The summed E-state index contributed by atoms with van der Waals surface area (Å²) in [5.41, 5.74) is 2.03. The van der Waals surface area contributed by atoms with Gasteiger partial charge in [-0.05, 0) is 48.0 Å². The second-order valence-corrected chi connectivity index (χ2v) is 6.84. The van der Waals surface area contributed by atoms with Gasteiger partial charge >= 0.3 is 0 Å². The number of hydrogen-bond acceptors (Lipinski definition) is 5. The van der Waals surface area contributed by atoms with Gasteiger partial charge in [-0.15, -0.1) is 0 Å². The van der Waals surface area contributed by atoms with E-state index < -0.39 is 0 Å². The third-order valence-corrected chi connectivity index (χ3v) is 4.85. The maximum Gasteiger partial charge on any atom is 0.187 e. The highest BCUT2D eigenvalue weighted by Crippen LogP contribution is 2.37. The van der Waals surface area contributed by atoms with Crippen LogP contribution in [0.3, 0.4) is 0 Å². The Morgan fingerprint density at radius 1 is 1.00 bits per heavy atom. The van der Waals surface area contributed by atoms with Crippen LogP contribution >= 0.6 is 22.9 Å². The van der Waals surface area contributed by atoms with Crippen LogP contribution in [0.25, 0.3) is 10.4 Å². The van der Waals surface area contributed by atoms with Crippen molar-refractivity contribution >= 4 is 33.8 Å². The molecule has 0 saturated carbocycles. The maximum absolute atomic E-state index is 5.91. The summed E-state index contributed by atoms with van der Waals surface area (Å²) in [7, 11) is 0. The molecular formula is C18H15ClN2O2S. The second-order valence-electron chi connectivity index (χ2n) is 5.37. The Kier molecular flexibility index (Phi) is 4.28. The molecule has 1 aromatic heterocycles. The van der Waals surface area contributed by atoms with Gasteiger partial charge < -0.3 is 14.8 Å². The van der Waals surface area contributed by atoms with Gasteiger partial charge in [0.25, 0.3) is 0 Å². The molecule has 0 spiro atoms. The lowest BCUT2D eigenvalue weighted by Gasteiger charge is -2.08. The Morgan fingerprint density at radius 2 is 1.79 bits per heavy atom. The number of rotatable bonds is 3. The third kappa shape index (κ3) is 3.32. The highest BCUT2D eigenvalue weighted by Gasteiger charge is 2.13. The number of ether oxygens (including phenoxy) is 2. The van der Waals surface area contributed by atoms with Gasteiger partial charge in [0.2, 0.25) is 0 Å². The van der Waals surface area contributed by atoms with Crippen LogP contribution in [0.2, 0.25) is 5.02 Å². The molecule has 0 fully saturated rings. The van der Waals surface area contributed by atoms with Crippen molar-refractivity contribution in [1.29, 1.82) is 0 Å². The Hall–Kier alpha value is -2.24. The van der Waals surface area contributed by atoms with Gasteiger partial charge in [-0.2, -0.15) is 0 Å². The summed E-state index contributed by atoms with van der Waals surface area (Å²) in [5.74, 6) is 1.60. The molecule has 2 aromatic carbocycles. The molecule has 122 valence electrons. The molecule has 3 aromatic rings. The topological polar surface area (TPSA) is 43.4 Å². The summed E-state index contributed by atoms with van der Waals surface area (Å²) in [6.07, 6.45) is 2.77. The van der Waals surface area contributed by atoms with Crippen molar-refractivity contribution in [2.24, 2.45) is 0 Å². The molecule has 6 heteroatoms. The van der Waals surface area contributed by atoms with Gasteiger partial charge in [0.05, 0.1) is 18.1 Å². The van der Waals surface area contributed by atoms with E-state index in [2.05, 4.69) is 10.3 Å². The van der Waals surface area contributed by atoms with Crippen molar-refractivity contribution in [3.05, 3.63) is 53.7 Å². The molecule has 0 saturated heterocycles. The van der Waals surface area contributed by atoms with Crippen LogP contribution < -0.4 is 14.8 Å². The van der Waals surface area contributed by atoms with E-state index in [1.807, 2.05) is 48.7 Å². The predicted molar refractivity (Wildman–Crippen MR) is 97.9 cm³/mol. The minimum absolute atomic E-state index is 0.683. The number of anilines is 2. The van der Waals surface area contributed by atoms with Crippen LogP contribution in [-0.4, -0.2) is 18.2 Å². The van der Waals surface area contributed by atoms with E-state index in [1.54, 1.807) is 11.3 Å².